The number of halogens is 1. The van der Waals surface area contributed by atoms with E-state index >= 15 is 0 Å². The van der Waals surface area contributed by atoms with Crippen LogP contribution in [-0.4, -0.2) is 18.9 Å². The molecule has 2 aromatic carbocycles. The van der Waals surface area contributed by atoms with Crippen molar-refractivity contribution < 1.29 is 14.3 Å². The predicted octanol–water partition coefficient (Wildman–Crippen LogP) is 4.25. The van der Waals surface area contributed by atoms with Gasteiger partial charge in [0.2, 0.25) is 11.8 Å². The number of hydrogen-bond acceptors (Lipinski definition) is 3. The molecular formula is C21H23ClN2O3. The van der Waals surface area contributed by atoms with Crippen LogP contribution in [0.25, 0.3) is 0 Å². The van der Waals surface area contributed by atoms with Gasteiger partial charge >= 0.3 is 0 Å². The van der Waals surface area contributed by atoms with Crippen molar-refractivity contribution in [3.05, 3.63) is 58.6 Å². The SMILES string of the molecule is COc1cc(Cl)c(C)cc1NC(=O)C1(C(=O)NC(C)c2ccccc2)CC1. The summed E-state index contributed by atoms with van der Waals surface area (Å²) in [5, 5.41) is 6.36. The lowest BCUT2D eigenvalue weighted by molar-refractivity contribution is -0.134. The van der Waals surface area contributed by atoms with Crippen molar-refractivity contribution in [3.63, 3.8) is 0 Å². The molecule has 2 aromatic rings. The number of hydrogen-bond donors (Lipinski definition) is 2. The first-order valence-corrected chi connectivity index (χ1v) is 9.26. The Morgan fingerprint density at radius 2 is 1.81 bits per heavy atom. The van der Waals surface area contributed by atoms with Crippen molar-refractivity contribution in [3.8, 4) is 5.75 Å². The number of methoxy groups -OCH3 is 1. The van der Waals surface area contributed by atoms with Gasteiger partial charge in [-0.3, -0.25) is 9.59 Å². The van der Waals surface area contributed by atoms with Gasteiger partial charge in [0.1, 0.15) is 11.2 Å². The normalized spacial score (nSPS) is 15.6. The molecule has 0 aromatic heterocycles. The number of ether oxygens (including phenoxy) is 1. The van der Waals surface area contributed by atoms with Crippen LogP contribution in [0.15, 0.2) is 42.5 Å². The lowest BCUT2D eigenvalue weighted by Crippen LogP contribution is -2.41. The van der Waals surface area contributed by atoms with Gasteiger partial charge in [-0.15, -0.1) is 0 Å². The van der Waals surface area contributed by atoms with Crippen LogP contribution in [0.4, 0.5) is 5.69 Å². The molecule has 0 aliphatic heterocycles. The van der Waals surface area contributed by atoms with Gasteiger partial charge in [-0.25, -0.2) is 0 Å². The van der Waals surface area contributed by atoms with Crippen molar-refractivity contribution in [2.75, 3.05) is 12.4 Å². The Morgan fingerprint density at radius 3 is 2.41 bits per heavy atom. The highest BCUT2D eigenvalue weighted by Crippen LogP contribution is 2.47. The minimum absolute atomic E-state index is 0.170. The number of carbonyl (C=O) groups excluding carboxylic acids is 2. The number of benzene rings is 2. The van der Waals surface area contributed by atoms with E-state index in [0.29, 0.717) is 29.3 Å². The second-order valence-electron chi connectivity index (χ2n) is 6.94. The summed E-state index contributed by atoms with van der Waals surface area (Å²) in [6.45, 7) is 3.76. The monoisotopic (exact) mass is 386 g/mol. The Morgan fingerprint density at radius 1 is 1.15 bits per heavy atom. The molecule has 5 nitrogen and oxygen atoms in total. The molecule has 3 rings (SSSR count). The number of nitrogens with one attached hydrogen (secondary N) is 2. The molecule has 1 saturated carbocycles. The summed E-state index contributed by atoms with van der Waals surface area (Å²) in [5.41, 5.74) is 1.30. The summed E-state index contributed by atoms with van der Waals surface area (Å²) in [6, 6.07) is 12.9. The molecule has 0 saturated heterocycles. The van der Waals surface area contributed by atoms with E-state index in [2.05, 4.69) is 10.6 Å². The van der Waals surface area contributed by atoms with E-state index in [1.807, 2.05) is 44.2 Å². The molecule has 2 N–H and O–H groups in total. The Bertz CT molecular complexity index is 863. The van der Waals surface area contributed by atoms with E-state index in [9.17, 15) is 9.59 Å². The number of amides is 2. The molecule has 0 heterocycles. The topological polar surface area (TPSA) is 67.4 Å². The average molecular weight is 387 g/mol. The smallest absolute Gasteiger partial charge is 0.240 e. The van der Waals surface area contributed by atoms with Gasteiger partial charge < -0.3 is 15.4 Å². The van der Waals surface area contributed by atoms with Gasteiger partial charge in [0.15, 0.2) is 0 Å². The van der Waals surface area contributed by atoms with Crippen molar-refractivity contribution in [2.24, 2.45) is 5.41 Å². The van der Waals surface area contributed by atoms with Gasteiger partial charge in [0, 0.05) is 11.1 Å². The van der Waals surface area contributed by atoms with E-state index < -0.39 is 5.41 Å². The number of aryl methyl sites for hydroxylation is 1. The third kappa shape index (κ3) is 3.93. The zero-order valence-electron chi connectivity index (χ0n) is 15.6. The van der Waals surface area contributed by atoms with E-state index in [0.717, 1.165) is 11.1 Å². The van der Waals surface area contributed by atoms with Gasteiger partial charge in [-0.05, 0) is 43.9 Å². The second-order valence-corrected chi connectivity index (χ2v) is 7.35. The predicted molar refractivity (Wildman–Crippen MR) is 106 cm³/mol. The van der Waals surface area contributed by atoms with E-state index in [4.69, 9.17) is 16.3 Å². The molecule has 6 heteroatoms. The number of carbonyl (C=O) groups is 2. The number of rotatable bonds is 6. The van der Waals surface area contributed by atoms with Crippen LogP contribution in [0, 0.1) is 12.3 Å². The zero-order valence-corrected chi connectivity index (χ0v) is 16.4. The largest absolute Gasteiger partial charge is 0.495 e. The van der Waals surface area contributed by atoms with Gasteiger partial charge in [-0.2, -0.15) is 0 Å². The minimum Gasteiger partial charge on any atom is -0.495 e. The highest BCUT2D eigenvalue weighted by molar-refractivity contribution is 6.31. The molecule has 2 amide bonds. The highest BCUT2D eigenvalue weighted by atomic mass is 35.5. The van der Waals surface area contributed by atoms with Gasteiger partial charge in [-0.1, -0.05) is 41.9 Å². The van der Waals surface area contributed by atoms with Gasteiger partial charge in [0.25, 0.3) is 0 Å². The Labute approximate surface area is 164 Å². The zero-order chi connectivity index (χ0) is 19.6. The van der Waals surface area contributed by atoms with E-state index in [1.54, 1.807) is 12.1 Å². The lowest BCUT2D eigenvalue weighted by Gasteiger charge is -2.20. The fourth-order valence-electron chi connectivity index (χ4n) is 3.01. The van der Waals surface area contributed by atoms with Crippen molar-refractivity contribution >= 4 is 29.1 Å². The van der Waals surface area contributed by atoms with E-state index in [-0.39, 0.29) is 17.9 Å². The molecular weight excluding hydrogens is 364 g/mol. The first-order valence-electron chi connectivity index (χ1n) is 8.89. The molecule has 0 spiro atoms. The van der Waals surface area contributed by atoms with Crippen molar-refractivity contribution in [2.45, 2.75) is 32.7 Å². The fraction of sp³-hybridized carbons (Fsp3) is 0.333. The van der Waals surface area contributed by atoms with Gasteiger partial charge in [0.05, 0.1) is 18.8 Å². The van der Waals surface area contributed by atoms with Crippen molar-refractivity contribution in [1.29, 1.82) is 0 Å². The maximum Gasteiger partial charge on any atom is 0.240 e. The maximum atomic E-state index is 12.9. The molecule has 1 unspecified atom stereocenters. The summed E-state index contributed by atoms with van der Waals surface area (Å²) >= 11 is 6.11. The first kappa shape index (κ1) is 19.2. The minimum atomic E-state index is -1.03. The number of anilines is 1. The van der Waals surface area contributed by atoms with Crippen LogP contribution in [-0.2, 0) is 9.59 Å². The van der Waals surface area contributed by atoms with Crippen LogP contribution < -0.4 is 15.4 Å². The summed E-state index contributed by atoms with van der Waals surface area (Å²) in [6.07, 6.45) is 1.06. The van der Waals surface area contributed by atoms with Crippen LogP contribution in [0.2, 0.25) is 5.02 Å². The molecule has 27 heavy (non-hydrogen) atoms. The standard InChI is InChI=1S/C21H23ClN2O3/c1-13-11-17(18(27-3)12-16(13)22)24-20(26)21(9-10-21)19(25)23-14(2)15-7-5-4-6-8-15/h4-8,11-12,14H,9-10H2,1-3H3,(H,23,25)(H,24,26). The molecule has 0 bridgehead atoms. The molecule has 1 aliphatic carbocycles. The lowest BCUT2D eigenvalue weighted by atomic mass is 10.0. The molecule has 1 fully saturated rings. The Balaban J connectivity index is 1.73. The molecule has 1 atom stereocenters. The van der Waals surface area contributed by atoms with Crippen molar-refractivity contribution in [1.82, 2.24) is 5.32 Å². The fourth-order valence-corrected chi connectivity index (χ4v) is 3.17. The molecule has 142 valence electrons. The quantitative estimate of drug-likeness (QED) is 0.729. The summed E-state index contributed by atoms with van der Waals surface area (Å²) in [4.78, 5) is 25.7. The first-order chi connectivity index (χ1) is 12.9. The van der Waals surface area contributed by atoms with Crippen LogP contribution >= 0.6 is 11.6 Å². The Kier molecular flexibility index (Phi) is 5.42. The molecule has 1 aliphatic rings. The average Bonchev–Trinajstić information content (AvgIpc) is 3.47. The summed E-state index contributed by atoms with van der Waals surface area (Å²) < 4.78 is 5.30. The Hall–Kier alpha value is -2.53. The second kappa shape index (κ2) is 7.61. The summed E-state index contributed by atoms with van der Waals surface area (Å²) in [5.74, 6) is -0.103. The molecule has 0 radical (unpaired) electrons. The van der Waals surface area contributed by atoms with Crippen LogP contribution in [0.1, 0.15) is 36.9 Å². The maximum absolute atomic E-state index is 12.9. The van der Waals surface area contributed by atoms with Crippen LogP contribution in [0.3, 0.4) is 0 Å². The third-order valence-corrected chi connectivity index (χ3v) is 5.40. The van der Waals surface area contributed by atoms with Crippen LogP contribution in [0.5, 0.6) is 5.75 Å². The highest BCUT2D eigenvalue weighted by Gasteiger charge is 2.56. The summed E-state index contributed by atoms with van der Waals surface area (Å²) in [7, 11) is 1.51. The van der Waals surface area contributed by atoms with E-state index in [1.165, 1.54) is 7.11 Å². The third-order valence-electron chi connectivity index (χ3n) is 5.00.